The van der Waals surface area contributed by atoms with Gasteiger partial charge in [0.25, 0.3) is 15.9 Å². The van der Waals surface area contributed by atoms with Gasteiger partial charge in [-0.3, -0.25) is 9.10 Å². The van der Waals surface area contributed by atoms with Gasteiger partial charge in [-0.2, -0.15) is 5.10 Å². The number of amides is 1. The summed E-state index contributed by atoms with van der Waals surface area (Å²) in [6.45, 7) is 5.23. The molecule has 0 atom stereocenters. The predicted molar refractivity (Wildman–Crippen MR) is 135 cm³/mol. The molecule has 0 heterocycles. The van der Waals surface area contributed by atoms with Crippen LogP contribution in [-0.4, -0.2) is 33.7 Å². The molecule has 176 valence electrons. The number of rotatable bonds is 10. The molecule has 0 aliphatic carbocycles. The van der Waals surface area contributed by atoms with E-state index >= 15 is 0 Å². The number of nitrogens with zero attached hydrogens (tertiary/aromatic N) is 2. The van der Waals surface area contributed by atoms with E-state index in [4.69, 9.17) is 16.3 Å². The van der Waals surface area contributed by atoms with Crippen LogP contribution in [0.25, 0.3) is 0 Å². The molecule has 0 aliphatic heterocycles. The molecular weight excluding hydrogens is 474 g/mol. The molecule has 9 heteroatoms. The van der Waals surface area contributed by atoms with Crippen molar-refractivity contribution >= 4 is 39.4 Å². The quantitative estimate of drug-likeness (QED) is 0.253. The second-order valence-electron chi connectivity index (χ2n) is 7.22. The lowest BCUT2D eigenvalue weighted by Gasteiger charge is -2.25. The lowest BCUT2D eigenvalue weighted by Crippen LogP contribution is -2.40. The maximum absolute atomic E-state index is 13.4. The zero-order valence-corrected chi connectivity index (χ0v) is 20.1. The van der Waals surface area contributed by atoms with Crippen LogP contribution < -0.4 is 14.5 Å². The van der Waals surface area contributed by atoms with E-state index in [1.54, 1.807) is 73.7 Å². The van der Waals surface area contributed by atoms with E-state index in [1.165, 1.54) is 18.3 Å². The number of aryl methyl sites for hydroxylation is 1. The van der Waals surface area contributed by atoms with Crippen molar-refractivity contribution in [3.05, 3.63) is 102 Å². The van der Waals surface area contributed by atoms with Gasteiger partial charge >= 0.3 is 0 Å². The molecule has 3 aromatic rings. The highest BCUT2D eigenvalue weighted by Gasteiger charge is 2.28. The minimum absolute atomic E-state index is 0.0667. The molecule has 0 bridgehead atoms. The third-order valence-corrected chi connectivity index (χ3v) is 6.68. The fraction of sp³-hybridized carbons (Fsp3) is 0.120. The molecule has 0 fully saturated rings. The van der Waals surface area contributed by atoms with Crippen molar-refractivity contribution in [3.63, 3.8) is 0 Å². The molecule has 0 aromatic heterocycles. The summed E-state index contributed by atoms with van der Waals surface area (Å²) in [5, 5.41) is 4.42. The second kappa shape index (κ2) is 11.5. The summed E-state index contributed by atoms with van der Waals surface area (Å²) in [5.74, 6) is 0.0256. The predicted octanol–water partition coefficient (Wildman–Crippen LogP) is 4.56. The molecule has 0 spiro atoms. The maximum Gasteiger partial charge on any atom is 0.264 e. The Morgan fingerprint density at radius 3 is 2.59 bits per heavy atom. The van der Waals surface area contributed by atoms with Crippen LogP contribution >= 0.6 is 11.6 Å². The van der Waals surface area contributed by atoms with Crippen LogP contribution in [0.1, 0.15) is 11.1 Å². The smallest absolute Gasteiger partial charge is 0.264 e. The Hall–Kier alpha value is -3.62. The molecule has 0 unspecified atom stereocenters. The first-order chi connectivity index (χ1) is 16.3. The molecule has 0 radical (unpaired) electrons. The van der Waals surface area contributed by atoms with Crippen LogP contribution in [0.2, 0.25) is 5.02 Å². The molecule has 1 amide bonds. The van der Waals surface area contributed by atoms with Gasteiger partial charge in [0, 0.05) is 5.02 Å². The number of nitrogens with one attached hydrogen (secondary N) is 1. The molecular formula is C25H24ClN3O4S. The van der Waals surface area contributed by atoms with Crippen LogP contribution in [-0.2, 0) is 14.8 Å². The second-order valence-corrected chi connectivity index (χ2v) is 9.52. The number of hydrogen-bond acceptors (Lipinski definition) is 5. The van der Waals surface area contributed by atoms with Crippen LogP contribution in [0.3, 0.4) is 0 Å². The van der Waals surface area contributed by atoms with Crippen LogP contribution in [0.4, 0.5) is 5.69 Å². The lowest BCUT2D eigenvalue weighted by molar-refractivity contribution is -0.119. The highest BCUT2D eigenvalue weighted by molar-refractivity contribution is 7.92. The Bertz CT molecular complexity index is 1290. The average molecular weight is 498 g/mol. The number of halogens is 1. The zero-order valence-electron chi connectivity index (χ0n) is 18.5. The fourth-order valence-electron chi connectivity index (χ4n) is 3.10. The Labute approximate surface area is 204 Å². The van der Waals surface area contributed by atoms with Crippen molar-refractivity contribution in [2.75, 3.05) is 17.5 Å². The Morgan fingerprint density at radius 1 is 1.12 bits per heavy atom. The monoisotopic (exact) mass is 497 g/mol. The molecule has 3 rings (SSSR count). The van der Waals surface area contributed by atoms with E-state index in [0.29, 0.717) is 34.2 Å². The Morgan fingerprint density at radius 2 is 1.88 bits per heavy atom. The first-order valence-electron chi connectivity index (χ1n) is 10.3. The molecule has 34 heavy (non-hydrogen) atoms. The topological polar surface area (TPSA) is 88.1 Å². The summed E-state index contributed by atoms with van der Waals surface area (Å²) in [5.41, 5.74) is 4.05. The number of hydrazone groups is 1. The summed E-state index contributed by atoms with van der Waals surface area (Å²) in [6, 6.07) is 19.8. The number of hydrogen-bond donors (Lipinski definition) is 1. The van der Waals surface area contributed by atoms with E-state index in [1.807, 2.05) is 0 Å². The third kappa shape index (κ3) is 6.46. The van der Waals surface area contributed by atoms with E-state index in [2.05, 4.69) is 17.1 Å². The van der Waals surface area contributed by atoms with Gasteiger partial charge in [0.05, 0.1) is 16.8 Å². The largest absolute Gasteiger partial charge is 0.490 e. The van der Waals surface area contributed by atoms with Crippen molar-refractivity contribution < 1.29 is 17.9 Å². The van der Waals surface area contributed by atoms with Crippen molar-refractivity contribution in [2.24, 2.45) is 5.10 Å². The normalized spacial score (nSPS) is 11.2. The minimum atomic E-state index is -4.02. The number of anilines is 1. The maximum atomic E-state index is 13.4. The number of ether oxygens (including phenoxy) is 1. The van der Waals surface area contributed by atoms with Gasteiger partial charge in [-0.1, -0.05) is 54.6 Å². The third-order valence-electron chi connectivity index (χ3n) is 4.67. The van der Waals surface area contributed by atoms with E-state index in [0.717, 1.165) is 4.31 Å². The molecule has 0 saturated heterocycles. The van der Waals surface area contributed by atoms with Gasteiger partial charge in [0.1, 0.15) is 18.9 Å². The lowest BCUT2D eigenvalue weighted by atomic mass is 10.2. The van der Waals surface area contributed by atoms with E-state index in [-0.39, 0.29) is 4.90 Å². The van der Waals surface area contributed by atoms with E-state index < -0.39 is 22.5 Å². The van der Waals surface area contributed by atoms with Crippen LogP contribution in [0.5, 0.6) is 5.75 Å². The summed E-state index contributed by atoms with van der Waals surface area (Å²) in [6.07, 6.45) is 3.08. The van der Waals surface area contributed by atoms with Gasteiger partial charge < -0.3 is 4.74 Å². The molecule has 3 aromatic carbocycles. The van der Waals surface area contributed by atoms with Crippen molar-refractivity contribution in [1.29, 1.82) is 0 Å². The molecule has 0 saturated carbocycles. The van der Waals surface area contributed by atoms with Crippen molar-refractivity contribution in [2.45, 2.75) is 11.8 Å². The highest BCUT2D eigenvalue weighted by atomic mass is 35.5. The first-order valence-corrected chi connectivity index (χ1v) is 12.1. The van der Waals surface area contributed by atoms with Crippen molar-refractivity contribution in [3.8, 4) is 5.75 Å². The summed E-state index contributed by atoms with van der Waals surface area (Å²) < 4.78 is 33.3. The van der Waals surface area contributed by atoms with Gasteiger partial charge in [-0.25, -0.2) is 13.8 Å². The van der Waals surface area contributed by atoms with Gasteiger partial charge in [0.2, 0.25) is 0 Å². The number of benzene rings is 3. The number of carbonyl (C=O) groups excluding carboxylic acids is 1. The van der Waals surface area contributed by atoms with Gasteiger partial charge in [-0.05, 0) is 60.5 Å². The Kier molecular flexibility index (Phi) is 8.45. The summed E-state index contributed by atoms with van der Waals surface area (Å²) in [7, 11) is -4.02. The Balaban J connectivity index is 1.81. The average Bonchev–Trinajstić information content (AvgIpc) is 2.82. The van der Waals surface area contributed by atoms with Gasteiger partial charge in [0.15, 0.2) is 0 Å². The molecule has 1 N–H and O–H groups in total. The fourth-order valence-corrected chi connectivity index (χ4v) is 4.84. The minimum Gasteiger partial charge on any atom is -0.490 e. The highest BCUT2D eigenvalue weighted by Crippen LogP contribution is 2.28. The molecule has 7 nitrogen and oxygen atoms in total. The zero-order chi connectivity index (χ0) is 24.6. The van der Waals surface area contributed by atoms with Crippen LogP contribution in [0, 0.1) is 6.92 Å². The molecule has 0 aliphatic rings. The van der Waals surface area contributed by atoms with Gasteiger partial charge in [-0.15, -0.1) is 0 Å². The van der Waals surface area contributed by atoms with Crippen molar-refractivity contribution in [1.82, 2.24) is 5.43 Å². The summed E-state index contributed by atoms with van der Waals surface area (Å²) in [4.78, 5) is 12.8. The standard InChI is InChI=1S/C25H24ClN3O4S/c1-3-14-33-22-9-7-8-20(16-22)17-27-28-25(30)18-29(24-13-12-21(26)15-19(24)2)34(31,32)23-10-5-4-6-11-23/h3-13,15-17H,1,14,18H2,2H3,(H,28,30)/b27-17-. The number of sulfonamides is 1. The number of carbonyl (C=O) groups is 1. The first kappa shape index (κ1) is 25.0. The van der Waals surface area contributed by atoms with E-state index in [9.17, 15) is 13.2 Å². The summed E-state index contributed by atoms with van der Waals surface area (Å²) >= 11 is 6.04. The van der Waals surface area contributed by atoms with Crippen LogP contribution in [0.15, 0.2) is 95.4 Å². The SMILES string of the molecule is C=CCOc1cccc(/C=N\NC(=O)CN(c2ccc(Cl)cc2C)S(=O)(=O)c2ccccc2)c1.